The van der Waals surface area contributed by atoms with Gasteiger partial charge in [-0.25, -0.2) is 0 Å². The smallest absolute Gasteiger partial charge is 0.321 e. The van der Waals surface area contributed by atoms with Crippen LogP contribution in [0, 0.1) is 0 Å². The van der Waals surface area contributed by atoms with Crippen molar-refractivity contribution < 1.29 is 9.90 Å². The van der Waals surface area contributed by atoms with E-state index < -0.39 is 12.0 Å². The Bertz CT molecular complexity index is 173. The van der Waals surface area contributed by atoms with Crippen LogP contribution < -0.4 is 11.1 Å². The van der Waals surface area contributed by atoms with E-state index in [4.69, 9.17) is 10.8 Å². The Morgan fingerprint density at radius 3 is 2.57 bits per heavy atom. The number of carboxylic acid groups (broad SMARTS) is 1. The minimum atomic E-state index is -0.961. The van der Waals surface area contributed by atoms with Gasteiger partial charge in [-0.3, -0.25) is 4.79 Å². The van der Waals surface area contributed by atoms with Gasteiger partial charge in [0.15, 0.2) is 0 Å². The first-order chi connectivity index (χ1) is 6.43. The molecular formula is C9H21N3O2. The van der Waals surface area contributed by atoms with E-state index in [0.29, 0.717) is 12.6 Å². The quantitative estimate of drug-likeness (QED) is 0.511. The van der Waals surface area contributed by atoms with E-state index in [2.05, 4.69) is 10.2 Å². The molecule has 5 nitrogen and oxygen atoms in total. The maximum Gasteiger partial charge on any atom is 0.321 e. The molecule has 0 saturated carbocycles. The standard InChI is InChI=1S/C9H21N3O2/c1-7(4-5-12(2)3)11-6-8(10)9(13)14/h7-8,11H,4-6,10H2,1-3H3,(H,13,14). The van der Waals surface area contributed by atoms with Gasteiger partial charge in [0.2, 0.25) is 0 Å². The van der Waals surface area contributed by atoms with Gasteiger partial charge in [0, 0.05) is 12.6 Å². The zero-order valence-corrected chi connectivity index (χ0v) is 9.16. The normalized spacial score (nSPS) is 15.5. The molecule has 0 aromatic heterocycles. The summed E-state index contributed by atoms with van der Waals surface area (Å²) in [5, 5.41) is 11.6. The number of nitrogens with one attached hydrogen (secondary N) is 1. The van der Waals surface area contributed by atoms with Crippen LogP contribution in [-0.2, 0) is 4.79 Å². The van der Waals surface area contributed by atoms with Crippen LogP contribution in [0.15, 0.2) is 0 Å². The Hall–Kier alpha value is -0.650. The lowest BCUT2D eigenvalue weighted by Crippen LogP contribution is -2.43. The average molecular weight is 203 g/mol. The van der Waals surface area contributed by atoms with Gasteiger partial charge in [-0.1, -0.05) is 0 Å². The molecule has 2 unspecified atom stereocenters. The molecule has 0 aliphatic heterocycles. The predicted octanol–water partition coefficient (Wildman–Crippen LogP) is -0.672. The second-order valence-electron chi connectivity index (χ2n) is 3.85. The van der Waals surface area contributed by atoms with Crippen molar-refractivity contribution in [1.29, 1.82) is 0 Å². The maximum absolute atomic E-state index is 10.4. The molecule has 0 radical (unpaired) electrons. The molecule has 0 heterocycles. The summed E-state index contributed by atoms with van der Waals surface area (Å²) in [7, 11) is 4.02. The number of aliphatic carboxylic acids is 1. The Kier molecular flexibility index (Phi) is 6.44. The highest BCUT2D eigenvalue weighted by atomic mass is 16.4. The number of hydrogen-bond donors (Lipinski definition) is 3. The fourth-order valence-corrected chi connectivity index (χ4v) is 0.969. The molecule has 0 saturated heterocycles. The lowest BCUT2D eigenvalue weighted by Gasteiger charge is -2.17. The lowest BCUT2D eigenvalue weighted by molar-refractivity contribution is -0.138. The minimum absolute atomic E-state index is 0.294. The molecule has 2 atom stereocenters. The SMILES string of the molecule is CC(CCN(C)C)NCC(N)C(=O)O. The van der Waals surface area contributed by atoms with Crippen molar-refractivity contribution in [3.63, 3.8) is 0 Å². The molecule has 14 heavy (non-hydrogen) atoms. The first kappa shape index (κ1) is 13.4. The zero-order valence-electron chi connectivity index (χ0n) is 9.16. The van der Waals surface area contributed by atoms with E-state index in [1.807, 2.05) is 21.0 Å². The molecule has 0 aliphatic carbocycles. The lowest BCUT2D eigenvalue weighted by atomic mass is 10.2. The number of carbonyl (C=O) groups is 1. The van der Waals surface area contributed by atoms with E-state index in [-0.39, 0.29) is 0 Å². The van der Waals surface area contributed by atoms with Crippen molar-refractivity contribution in [2.75, 3.05) is 27.2 Å². The fourth-order valence-electron chi connectivity index (χ4n) is 0.969. The third-order valence-electron chi connectivity index (χ3n) is 2.01. The van der Waals surface area contributed by atoms with E-state index in [0.717, 1.165) is 13.0 Å². The van der Waals surface area contributed by atoms with Crippen molar-refractivity contribution in [1.82, 2.24) is 10.2 Å². The van der Waals surface area contributed by atoms with Gasteiger partial charge in [-0.15, -0.1) is 0 Å². The highest BCUT2D eigenvalue weighted by Crippen LogP contribution is 1.92. The number of nitrogens with zero attached hydrogens (tertiary/aromatic N) is 1. The fraction of sp³-hybridized carbons (Fsp3) is 0.889. The van der Waals surface area contributed by atoms with E-state index in [9.17, 15) is 4.79 Å². The van der Waals surface area contributed by atoms with Crippen LogP contribution in [0.4, 0.5) is 0 Å². The maximum atomic E-state index is 10.4. The Morgan fingerprint density at radius 1 is 1.57 bits per heavy atom. The number of nitrogens with two attached hydrogens (primary N) is 1. The molecule has 0 aliphatic rings. The van der Waals surface area contributed by atoms with Crippen molar-refractivity contribution >= 4 is 5.97 Å². The van der Waals surface area contributed by atoms with Crippen LogP contribution in [0.1, 0.15) is 13.3 Å². The van der Waals surface area contributed by atoms with Crippen LogP contribution in [0.2, 0.25) is 0 Å². The second kappa shape index (κ2) is 6.75. The molecule has 0 amide bonds. The Labute approximate surface area is 85.3 Å². The van der Waals surface area contributed by atoms with Crippen LogP contribution in [0.3, 0.4) is 0 Å². The van der Waals surface area contributed by atoms with Crippen molar-refractivity contribution in [3.05, 3.63) is 0 Å². The zero-order chi connectivity index (χ0) is 11.1. The largest absolute Gasteiger partial charge is 0.480 e. The topological polar surface area (TPSA) is 78.6 Å². The van der Waals surface area contributed by atoms with Gasteiger partial charge < -0.3 is 21.1 Å². The minimum Gasteiger partial charge on any atom is -0.480 e. The molecule has 0 fully saturated rings. The second-order valence-corrected chi connectivity index (χ2v) is 3.85. The van der Waals surface area contributed by atoms with Crippen molar-refractivity contribution in [2.45, 2.75) is 25.4 Å². The monoisotopic (exact) mass is 203 g/mol. The van der Waals surface area contributed by atoms with E-state index in [1.165, 1.54) is 0 Å². The molecule has 0 bridgehead atoms. The number of carboxylic acids is 1. The summed E-state index contributed by atoms with van der Waals surface area (Å²) >= 11 is 0. The predicted molar refractivity (Wildman–Crippen MR) is 56.2 cm³/mol. The molecule has 5 heteroatoms. The molecular weight excluding hydrogens is 182 g/mol. The molecule has 4 N–H and O–H groups in total. The van der Waals surface area contributed by atoms with E-state index in [1.54, 1.807) is 0 Å². The summed E-state index contributed by atoms with van der Waals surface area (Å²) in [6, 6.07) is -0.514. The number of rotatable bonds is 7. The van der Waals surface area contributed by atoms with Gasteiger partial charge in [-0.05, 0) is 34.0 Å². The summed E-state index contributed by atoms with van der Waals surface area (Å²) in [5.74, 6) is -0.961. The van der Waals surface area contributed by atoms with Crippen LogP contribution in [0.5, 0.6) is 0 Å². The van der Waals surface area contributed by atoms with Crippen LogP contribution >= 0.6 is 0 Å². The molecule has 0 aromatic rings. The summed E-state index contributed by atoms with van der Waals surface area (Å²) in [6.07, 6.45) is 0.985. The highest BCUT2D eigenvalue weighted by molar-refractivity contribution is 5.73. The van der Waals surface area contributed by atoms with Gasteiger partial charge in [-0.2, -0.15) is 0 Å². The van der Waals surface area contributed by atoms with Gasteiger partial charge in [0.05, 0.1) is 0 Å². The molecule has 84 valence electrons. The Morgan fingerprint density at radius 2 is 2.14 bits per heavy atom. The van der Waals surface area contributed by atoms with E-state index >= 15 is 0 Å². The molecule has 0 rings (SSSR count). The number of hydrogen-bond acceptors (Lipinski definition) is 4. The van der Waals surface area contributed by atoms with Gasteiger partial charge >= 0.3 is 5.97 Å². The Balaban J connectivity index is 3.53. The third kappa shape index (κ3) is 6.82. The first-order valence-electron chi connectivity index (χ1n) is 4.80. The van der Waals surface area contributed by atoms with Crippen molar-refractivity contribution in [2.24, 2.45) is 5.73 Å². The molecule has 0 aromatic carbocycles. The summed E-state index contributed by atoms with van der Waals surface area (Å²) in [5.41, 5.74) is 5.35. The van der Waals surface area contributed by atoms with Crippen LogP contribution in [0.25, 0.3) is 0 Å². The van der Waals surface area contributed by atoms with Crippen molar-refractivity contribution in [3.8, 4) is 0 Å². The van der Waals surface area contributed by atoms with Gasteiger partial charge in [0.1, 0.15) is 6.04 Å². The van der Waals surface area contributed by atoms with Gasteiger partial charge in [0.25, 0.3) is 0 Å². The summed E-state index contributed by atoms with van der Waals surface area (Å²) in [6.45, 7) is 3.33. The first-order valence-corrected chi connectivity index (χ1v) is 4.80. The summed E-state index contributed by atoms with van der Waals surface area (Å²) in [4.78, 5) is 12.5. The molecule has 0 spiro atoms. The highest BCUT2D eigenvalue weighted by Gasteiger charge is 2.12. The van der Waals surface area contributed by atoms with Crippen LogP contribution in [-0.4, -0.2) is 55.2 Å². The third-order valence-corrected chi connectivity index (χ3v) is 2.01. The average Bonchev–Trinajstić information content (AvgIpc) is 2.10. The summed E-state index contributed by atoms with van der Waals surface area (Å²) < 4.78 is 0.